The van der Waals surface area contributed by atoms with E-state index in [0.717, 1.165) is 0 Å². The van der Waals surface area contributed by atoms with E-state index < -0.39 is 6.10 Å². The Bertz CT molecular complexity index is 170. The predicted molar refractivity (Wildman–Crippen MR) is 69.0 cm³/mol. The fourth-order valence-electron chi connectivity index (χ4n) is 2.50. The summed E-state index contributed by atoms with van der Waals surface area (Å²) >= 11 is 0. The zero-order chi connectivity index (χ0) is 12.5. The van der Waals surface area contributed by atoms with Crippen molar-refractivity contribution in [2.45, 2.75) is 83.0 Å². The summed E-state index contributed by atoms with van der Waals surface area (Å²) in [5.41, 5.74) is 0. The van der Waals surface area contributed by atoms with E-state index in [1.807, 2.05) is 0 Å². The van der Waals surface area contributed by atoms with Crippen molar-refractivity contribution in [1.82, 2.24) is 0 Å². The van der Waals surface area contributed by atoms with Crippen molar-refractivity contribution in [3.05, 3.63) is 0 Å². The van der Waals surface area contributed by atoms with Crippen LogP contribution in [0.25, 0.3) is 0 Å². The summed E-state index contributed by atoms with van der Waals surface area (Å²) in [5, 5.41) is 16.0. The molecule has 0 saturated heterocycles. The zero-order valence-electron chi connectivity index (χ0n) is 11.1. The maximum atomic E-state index is 8.11. The summed E-state index contributed by atoms with van der Waals surface area (Å²) in [4.78, 5) is 0. The quantitative estimate of drug-likeness (QED) is 0.802. The third-order valence-electron chi connectivity index (χ3n) is 3.50. The molecule has 17 heavy (non-hydrogen) atoms. The standard InChI is InChI=1S/C11H20O.C3H8O2/c1-2-6-10(7-3-1)12-11-8-4-5-9-11;1-3(5)2-4/h10-11H,1-9H2;3-5H,2H2,1H3. The van der Waals surface area contributed by atoms with Gasteiger partial charge < -0.3 is 14.9 Å². The summed E-state index contributed by atoms with van der Waals surface area (Å²) < 4.78 is 6.05. The third-order valence-corrected chi connectivity index (χ3v) is 3.50. The average molecular weight is 244 g/mol. The van der Waals surface area contributed by atoms with Crippen LogP contribution in [0, 0.1) is 0 Å². The third kappa shape index (κ3) is 7.02. The lowest BCUT2D eigenvalue weighted by molar-refractivity contribution is -0.0258. The molecule has 3 heteroatoms. The van der Waals surface area contributed by atoms with Gasteiger partial charge in [0, 0.05) is 0 Å². The van der Waals surface area contributed by atoms with Crippen molar-refractivity contribution in [3.8, 4) is 0 Å². The lowest BCUT2D eigenvalue weighted by atomic mass is 9.97. The number of aliphatic hydroxyl groups is 2. The van der Waals surface area contributed by atoms with Crippen LogP contribution in [0.2, 0.25) is 0 Å². The van der Waals surface area contributed by atoms with E-state index in [4.69, 9.17) is 14.9 Å². The topological polar surface area (TPSA) is 49.7 Å². The molecule has 0 amide bonds. The Labute approximate surface area is 105 Å². The predicted octanol–water partition coefficient (Wildman–Crippen LogP) is 2.64. The Hall–Kier alpha value is -0.120. The van der Waals surface area contributed by atoms with Crippen LogP contribution in [0.15, 0.2) is 0 Å². The van der Waals surface area contributed by atoms with E-state index in [9.17, 15) is 0 Å². The maximum absolute atomic E-state index is 8.11. The van der Waals surface area contributed by atoms with Gasteiger partial charge in [-0.05, 0) is 32.6 Å². The van der Waals surface area contributed by atoms with Gasteiger partial charge in [-0.2, -0.15) is 0 Å². The molecule has 1 atom stereocenters. The van der Waals surface area contributed by atoms with Gasteiger partial charge in [-0.3, -0.25) is 0 Å². The molecule has 1 unspecified atom stereocenters. The Morgan fingerprint density at radius 3 is 1.65 bits per heavy atom. The second kappa shape index (κ2) is 8.90. The summed E-state index contributed by atoms with van der Waals surface area (Å²) in [6.07, 6.45) is 13.1. The van der Waals surface area contributed by atoms with Crippen LogP contribution in [0.4, 0.5) is 0 Å². The van der Waals surface area contributed by atoms with Gasteiger partial charge in [0.1, 0.15) is 0 Å². The summed E-state index contributed by atoms with van der Waals surface area (Å²) in [6.45, 7) is 1.39. The minimum absolute atomic E-state index is 0.139. The lowest BCUT2D eigenvalue weighted by Gasteiger charge is -2.25. The van der Waals surface area contributed by atoms with Gasteiger partial charge in [-0.1, -0.05) is 32.1 Å². The minimum atomic E-state index is -0.560. The molecule has 0 spiro atoms. The van der Waals surface area contributed by atoms with Crippen LogP contribution in [-0.2, 0) is 4.74 Å². The van der Waals surface area contributed by atoms with E-state index >= 15 is 0 Å². The van der Waals surface area contributed by atoms with Gasteiger partial charge in [0.15, 0.2) is 0 Å². The second-order valence-corrected chi connectivity index (χ2v) is 5.33. The average Bonchev–Trinajstić information content (AvgIpc) is 2.84. The highest BCUT2D eigenvalue weighted by Gasteiger charge is 2.21. The molecule has 0 aromatic carbocycles. The fourth-order valence-corrected chi connectivity index (χ4v) is 2.50. The molecule has 0 aromatic heterocycles. The van der Waals surface area contributed by atoms with Crippen LogP contribution < -0.4 is 0 Å². The van der Waals surface area contributed by atoms with Crippen molar-refractivity contribution in [3.63, 3.8) is 0 Å². The number of hydrogen-bond donors (Lipinski definition) is 2. The molecule has 0 radical (unpaired) electrons. The van der Waals surface area contributed by atoms with Crippen molar-refractivity contribution < 1.29 is 14.9 Å². The van der Waals surface area contributed by atoms with E-state index in [1.54, 1.807) is 0 Å². The van der Waals surface area contributed by atoms with Crippen molar-refractivity contribution in [2.75, 3.05) is 6.61 Å². The molecule has 2 N–H and O–H groups in total. The first-order valence-electron chi connectivity index (χ1n) is 7.16. The fraction of sp³-hybridized carbons (Fsp3) is 1.00. The number of hydrogen-bond acceptors (Lipinski definition) is 3. The molecule has 3 nitrogen and oxygen atoms in total. The van der Waals surface area contributed by atoms with Gasteiger partial charge in [-0.25, -0.2) is 0 Å². The van der Waals surface area contributed by atoms with E-state index in [2.05, 4.69) is 0 Å². The Morgan fingerprint density at radius 2 is 1.29 bits per heavy atom. The first kappa shape index (κ1) is 14.9. The zero-order valence-corrected chi connectivity index (χ0v) is 11.1. The smallest absolute Gasteiger partial charge is 0.0742 e. The largest absolute Gasteiger partial charge is 0.394 e. The molecular weight excluding hydrogens is 216 g/mol. The van der Waals surface area contributed by atoms with Gasteiger partial charge in [0.05, 0.1) is 24.9 Å². The summed E-state index contributed by atoms with van der Waals surface area (Å²) in [5.74, 6) is 0. The van der Waals surface area contributed by atoms with Gasteiger partial charge in [-0.15, -0.1) is 0 Å². The number of aliphatic hydroxyl groups excluding tert-OH is 2. The highest BCUT2D eigenvalue weighted by molar-refractivity contribution is 4.72. The van der Waals surface area contributed by atoms with Gasteiger partial charge in [0.2, 0.25) is 0 Å². The molecule has 2 fully saturated rings. The van der Waals surface area contributed by atoms with Crippen LogP contribution in [0.5, 0.6) is 0 Å². The monoisotopic (exact) mass is 244 g/mol. The molecule has 102 valence electrons. The first-order chi connectivity index (χ1) is 8.22. The first-order valence-corrected chi connectivity index (χ1v) is 7.16. The minimum Gasteiger partial charge on any atom is -0.394 e. The van der Waals surface area contributed by atoms with Crippen LogP contribution in [0.3, 0.4) is 0 Å². The Balaban J connectivity index is 0.000000249. The molecular formula is C14H28O3. The Kier molecular flexibility index (Phi) is 7.82. The van der Waals surface area contributed by atoms with Gasteiger partial charge in [0.25, 0.3) is 0 Å². The maximum Gasteiger partial charge on any atom is 0.0742 e. The summed E-state index contributed by atoms with van der Waals surface area (Å²) in [7, 11) is 0. The molecule has 2 rings (SSSR count). The number of rotatable bonds is 3. The van der Waals surface area contributed by atoms with Crippen molar-refractivity contribution in [2.24, 2.45) is 0 Å². The molecule has 2 saturated carbocycles. The van der Waals surface area contributed by atoms with Crippen LogP contribution in [-0.4, -0.2) is 35.1 Å². The molecule has 0 aliphatic heterocycles. The molecule has 0 heterocycles. The lowest BCUT2D eigenvalue weighted by Crippen LogP contribution is -2.22. The summed E-state index contributed by atoms with van der Waals surface area (Å²) in [6, 6.07) is 0. The number of ether oxygens (including phenoxy) is 1. The normalized spacial score (nSPS) is 24.2. The molecule has 0 bridgehead atoms. The van der Waals surface area contributed by atoms with Gasteiger partial charge >= 0.3 is 0 Å². The SMILES string of the molecule is C1CCC(OC2CCCC2)CC1.CC(O)CO. The Morgan fingerprint density at radius 1 is 0.941 bits per heavy atom. The highest BCUT2D eigenvalue weighted by atomic mass is 16.5. The van der Waals surface area contributed by atoms with Crippen LogP contribution in [0.1, 0.15) is 64.7 Å². The van der Waals surface area contributed by atoms with E-state index in [-0.39, 0.29) is 6.61 Å². The van der Waals surface area contributed by atoms with E-state index in [0.29, 0.717) is 12.2 Å². The molecule has 2 aliphatic rings. The molecule has 2 aliphatic carbocycles. The van der Waals surface area contributed by atoms with Crippen LogP contribution >= 0.6 is 0 Å². The van der Waals surface area contributed by atoms with E-state index in [1.165, 1.54) is 64.7 Å². The molecule has 0 aromatic rings. The highest BCUT2D eigenvalue weighted by Crippen LogP contribution is 2.27. The van der Waals surface area contributed by atoms with Crippen molar-refractivity contribution >= 4 is 0 Å². The second-order valence-electron chi connectivity index (χ2n) is 5.33. The van der Waals surface area contributed by atoms with Crippen molar-refractivity contribution in [1.29, 1.82) is 0 Å².